The number of amides is 1. The van der Waals surface area contributed by atoms with Gasteiger partial charge in [0.1, 0.15) is 6.61 Å². The average molecular weight is 462 g/mol. The number of piperidine rings is 1. The van der Waals surface area contributed by atoms with Crippen LogP contribution in [0.25, 0.3) is 0 Å². The van der Waals surface area contributed by atoms with E-state index in [4.69, 9.17) is 13.9 Å². The predicted molar refractivity (Wildman–Crippen MR) is 115 cm³/mol. The summed E-state index contributed by atoms with van der Waals surface area (Å²) >= 11 is 0. The maximum Gasteiger partial charge on any atom is 1.00 e. The van der Waals surface area contributed by atoms with E-state index < -0.39 is 8.32 Å². The Morgan fingerprint density at radius 1 is 1.23 bits per heavy atom. The van der Waals surface area contributed by atoms with Crippen molar-refractivity contribution in [3.05, 3.63) is 35.9 Å². The van der Waals surface area contributed by atoms with Crippen LogP contribution in [0.4, 0.5) is 4.79 Å². The van der Waals surface area contributed by atoms with Gasteiger partial charge in [0.05, 0.1) is 24.9 Å². The van der Waals surface area contributed by atoms with Crippen LogP contribution in [0, 0.1) is 0 Å². The predicted octanol–water partition coefficient (Wildman–Crippen LogP) is 1.79. The third-order valence-corrected chi connectivity index (χ3v) is 10.8. The molecule has 2 saturated heterocycles. The summed E-state index contributed by atoms with van der Waals surface area (Å²) in [6.45, 7) is 13.1. The Morgan fingerprint density at radius 3 is 2.43 bits per heavy atom. The van der Waals surface area contributed by atoms with Crippen molar-refractivity contribution < 1.29 is 75.6 Å². The Hall–Kier alpha value is 0.223. The van der Waals surface area contributed by atoms with Gasteiger partial charge < -0.3 is 24.3 Å². The van der Waals surface area contributed by atoms with E-state index in [1.54, 1.807) is 0 Å². The first kappa shape index (κ1) is 28.3. The van der Waals surface area contributed by atoms with Crippen LogP contribution in [0.2, 0.25) is 18.1 Å². The van der Waals surface area contributed by atoms with E-state index in [1.165, 1.54) is 0 Å². The molecule has 2 aliphatic heterocycles. The zero-order chi connectivity index (χ0) is 20.4. The van der Waals surface area contributed by atoms with Crippen molar-refractivity contribution in [2.75, 3.05) is 13.2 Å². The molecule has 1 N–H and O–H groups in total. The largest absolute Gasteiger partial charge is 1.00 e. The molecule has 0 saturated carbocycles. The first-order chi connectivity index (χ1) is 13.2. The number of hydrogen-bond donors (Lipinski definition) is 0. The first-order valence-electron chi connectivity index (χ1n) is 10.4. The third-order valence-electron chi connectivity index (χ3n) is 6.32. The molecule has 3 atom stereocenters. The monoisotopic (exact) mass is 461 g/mol. The van der Waals surface area contributed by atoms with Crippen LogP contribution in [0.1, 0.15) is 45.6 Å². The summed E-state index contributed by atoms with van der Waals surface area (Å²) in [5.74, 6) is 0. The molecule has 2 fully saturated rings. The Kier molecular flexibility index (Phi) is 11.2. The zero-order valence-electron chi connectivity index (χ0n) is 19.4. The summed E-state index contributed by atoms with van der Waals surface area (Å²) in [6.07, 6.45) is 2.84. The fraction of sp³-hybridized carbons (Fsp3) is 0.682. The molecule has 8 heteroatoms. The van der Waals surface area contributed by atoms with Crippen molar-refractivity contribution in [3.63, 3.8) is 0 Å². The summed E-state index contributed by atoms with van der Waals surface area (Å²) in [5, 5.41) is 0.143. The van der Waals surface area contributed by atoms with E-state index in [1.807, 2.05) is 35.2 Å². The Morgan fingerprint density at radius 2 is 1.87 bits per heavy atom. The minimum Gasteiger partial charge on any atom is -0.870 e. The molecule has 0 radical (unpaired) electrons. The van der Waals surface area contributed by atoms with Gasteiger partial charge in [-0.1, -0.05) is 51.1 Å². The van der Waals surface area contributed by atoms with Gasteiger partial charge >= 0.3 is 57.5 Å². The normalized spacial score (nSPS) is 23.8. The number of carbonyl (C=O) groups is 1. The Balaban J connectivity index is 0.00000225. The smallest absolute Gasteiger partial charge is 0.870 e. The minimum absolute atomic E-state index is 0. The molecule has 3 rings (SSSR count). The molecule has 0 bridgehead atoms. The molecule has 2 aliphatic rings. The van der Waals surface area contributed by atoms with Crippen molar-refractivity contribution >= 4 is 14.4 Å². The number of hydrogen-bond acceptors (Lipinski definition) is 5. The van der Waals surface area contributed by atoms with Gasteiger partial charge in [-0.3, -0.25) is 0 Å². The van der Waals surface area contributed by atoms with E-state index in [0.717, 1.165) is 38.0 Å². The van der Waals surface area contributed by atoms with Crippen molar-refractivity contribution in [3.8, 4) is 0 Å². The number of benzene rings is 1. The van der Waals surface area contributed by atoms with Gasteiger partial charge in [-0.15, -0.1) is 0 Å². The van der Waals surface area contributed by atoms with Crippen LogP contribution in [-0.4, -0.2) is 56.2 Å². The fourth-order valence-corrected chi connectivity index (χ4v) is 4.88. The molecule has 1 unspecified atom stereocenters. The van der Waals surface area contributed by atoms with E-state index in [2.05, 4.69) is 33.9 Å². The topological polar surface area (TPSA) is 81.3 Å². The maximum atomic E-state index is 12.9. The van der Waals surface area contributed by atoms with Crippen molar-refractivity contribution in [2.24, 2.45) is 0 Å². The quantitative estimate of drug-likeness (QED) is 0.477. The summed E-state index contributed by atoms with van der Waals surface area (Å²) < 4.78 is 17.9. The van der Waals surface area contributed by atoms with Gasteiger partial charge in [0.15, 0.2) is 8.32 Å². The number of rotatable bonds is 6. The number of ether oxygens (including phenoxy) is 2. The van der Waals surface area contributed by atoms with Crippen LogP contribution in [0.15, 0.2) is 30.3 Å². The SMILES string of the molecule is CC(C)(C)[Si](C)(C)O[C@H]1CCCN(C(=O)OCc2ccccc2)[C@@H]1CC1CO1.[K+].[OH-]. The molecule has 164 valence electrons. The van der Waals surface area contributed by atoms with Crippen LogP contribution < -0.4 is 51.4 Å². The van der Waals surface area contributed by atoms with Crippen LogP contribution in [0.3, 0.4) is 0 Å². The summed E-state index contributed by atoms with van der Waals surface area (Å²) in [4.78, 5) is 14.8. The van der Waals surface area contributed by atoms with Gasteiger partial charge in [-0.2, -0.15) is 0 Å². The molecule has 0 spiro atoms. The van der Waals surface area contributed by atoms with Gasteiger partial charge in [-0.25, -0.2) is 4.79 Å². The molecular formula is C22H36KNO5Si. The third kappa shape index (κ3) is 7.67. The molecule has 0 aliphatic carbocycles. The molecule has 30 heavy (non-hydrogen) atoms. The van der Waals surface area contributed by atoms with E-state index in [0.29, 0.717) is 6.61 Å². The summed E-state index contributed by atoms with van der Waals surface area (Å²) in [7, 11) is -1.92. The van der Waals surface area contributed by atoms with Crippen molar-refractivity contribution in [2.45, 2.75) is 83.0 Å². The van der Waals surface area contributed by atoms with Crippen molar-refractivity contribution in [1.29, 1.82) is 0 Å². The molecular weight excluding hydrogens is 425 g/mol. The molecule has 2 heterocycles. The second-order valence-electron chi connectivity index (χ2n) is 9.55. The second-order valence-corrected chi connectivity index (χ2v) is 14.3. The standard InChI is InChI=1S/C22H35NO4Si.K.H2O/c1-22(2,3)28(4,5)27-20-12-9-13-23(19(20)14-18-16-25-18)21(24)26-15-17-10-7-6-8-11-17;;/h6-8,10-11,18-20H,9,12-16H2,1-5H3;;1H2/q;+1;/p-1/t18?,19-,20+;;/m1../s1. The van der Waals surface area contributed by atoms with E-state index >= 15 is 0 Å². The van der Waals surface area contributed by atoms with Crippen LogP contribution in [0.5, 0.6) is 0 Å². The van der Waals surface area contributed by atoms with Crippen molar-refractivity contribution in [1.82, 2.24) is 4.90 Å². The zero-order valence-corrected chi connectivity index (χ0v) is 23.5. The van der Waals surface area contributed by atoms with E-state index in [-0.39, 0.29) is 86.2 Å². The van der Waals surface area contributed by atoms with Gasteiger partial charge in [-0.05, 0) is 43.0 Å². The molecule has 1 amide bonds. The Labute approximate surface area is 224 Å². The minimum atomic E-state index is -1.92. The number of epoxide rings is 1. The summed E-state index contributed by atoms with van der Waals surface area (Å²) in [6, 6.07) is 9.86. The number of likely N-dealkylation sites (tertiary alicyclic amines) is 1. The van der Waals surface area contributed by atoms with E-state index in [9.17, 15) is 4.79 Å². The molecule has 0 aromatic heterocycles. The van der Waals surface area contributed by atoms with Gasteiger partial charge in [0, 0.05) is 6.54 Å². The van der Waals surface area contributed by atoms with Gasteiger partial charge in [0.2, 0.25) is 0 Å². The molecule has 1 aromatic rings. The maximum absolute atomic E-state index is 12.9. The van der Waals surface area contributed by atoms with Gasteiger partial charge in [0.25, 0.3) is 0 Å². The summed E-state index contributed by atoms with van der Waals surface area (Å²) in [5.41, 5.74) is 1.00. The first-order valence-corrected chi connectivity index (χ1v) is 13.3. The van der Waals surface area contributed by atoms with Crippen LogP contribution >= 0.6 is 0 Å². The molecule has 6 nitrogen and oxygen atoms in total. The Bertz CT molecular complexity index is 663. The molecule has 1 aromatic carbocycles. The van der Waals surface area contributed by atoms with Crippen LogP contribution in [-0.2, 0) is 20.5 Å². The number of nitrogens with zero attached hydrogens (tertiary/aromatic N) is 1. The second kappa shape index (κ2) is 11.9. The average Bonchev–Trinajstić information content (AvgIpc) is 3.45. The fourth-order valence-electron chi connectivity index (χ4n) is 3.50. The number of carbonyl (C=O) groups excluding carboxylic acids is 1.